The Labute approximate surface area is 121 Å². The third-order valence-corrected chi connectivity index (χ3v) is 3.73. The Hall–Kier alpha value is -1.62. The third kappa shape index (κ3) is 3.48. The highest BCUT2D eigenvalue weighted by molar-refractivity contribution is 5.73. The second-order valence-electron chi connectivity index (χ2n) is 5.36. The number of rotatable bonds is 3. The van der Waals surface area contributed by atoms with Gasteiger partial charge >= 0.3 is 0 Å². The van der Waals surface area contributed by atoms with Crippen LogP contribution in [-0.4, -0.2) is 49.0 Å². The number of carbonyl (C=O) groups is 1. The molecule has 1 aromatic heterocycles. The number of aromatic nitrogens is 1. The molecule has 2 rings (SSSR count). The lowest BCUT2D eigenvalue weighted by Crippen LogP contribution is -2.34. The van der Waals surface area contributed by atoms with Crippen LogP contribution in [0.1, 0.15) is 24.5 Å². The SMILES string of the molecule is CNCc1cnc(N2CCCN(C(C)=O)CC2)c(C)c1. The lowest BCUT2D eigenvalue weighted by Gasteiger charge is -2.24. The highest BCUT2D eigenvalue weighted by Crippen LogP contribution is 2.19. The van der Waals surface area contributed by atoms with Gasteiger partial charge in [-0.1, -0.05) is 0 Å². The zero-order chi connectivity index (χ0) is 14.5. The van der Waals surface area contributed by atoms with Crippen molar-refractivity contribution in [1.82, 2.24) is 15.2 Å². The molecule has 0 atom stereocenters. The quantitative estimate of drug-likeness (QED) is 0.900. The second-order valence-corrected chi connectivity index (χ2v) is 5.36. The fourth-order valence-electron chi connectivity index (χ4n) is 2.70. The minimum absolute atomic E-state index is 0.167. The summed E-state index contributed by atoms with van der Waals surface area (Å²) < 4.78 is 0. The molecule has 0 unspecified atom stereocenters. The molecule has 0 radical (unpaired) electrons. The van der Waals surface area contributed by atoms with Crippen LogP contribution in [0, 0.1) is 6.92 Å². The fourth-order valence-corrected chi connectivity index (χ4v) is 2.70. The molecule has 1 aliphatic rings. The summed E-state index contributed by atoms with van der Waals surface area (Å²) in [5.74, 6) is 1.22. The van der Waals surface area contributed by atoms with Gasteiger partial charge in [-0.2, -0.15) is 0 Å². The monoisotopic (exact) mass is 276 g/mol. The number of pyridine rings is 1. The predicted molar refractivity (Wildman–Crippen MR) is 80.8 cm³/mol. The van der Waals surface area contributed by atoms with Gasteiger partial charge < -0.3 is 15.1 Å². The van der Waals surface area contributed by atoms with E-state index >= 15 is 0 Å². The van der Waals surface area contributed by atoms with Crippen LogP contribution < -0.4 is 10.2 Å². The van der Waals surface area contributed by atoms with Crippen molar-refractivity contribution in [1.29, 1.82) is 0 Å². The van der Waals surface area contributed by atoms with Crippen LogP contribution in [-0.2, 0) is 11.3 Å². The van der Waals surface area contributed by atoms with Crippen LogP contribution in [0.4, 0.5) is 5.82 Å². The Morgan fingerprint density at radius 2 is 2.15 bits per heavy atom. The zero-order valence-corrected chi connectivity index (χ0v) is 12.6. The minimum atomic E-state index is 0.167. The Balaban J connectivity index is 2.09. The topological polar surface area (TPSA) is 48.5 Å². The van der Waals surface area contributed by atoms with E-state index in [2.05, 4.69) is 28.2 Å². The molecule has 2 heterocycles. The molecule has 1 N–H and O–H groups in total. The molecule has 0 aromatic carbocycles. The third-order valence-electron chi connectivity index (χ3n) is 3.73. The van der Waals surface area contributed by atoms with Gasteiger partial charge in [-0.15, -0.1) is 0 Å². The van der Waals surface area contributed by atoms with Gasteiger partial charge in [-0.25, -0.2) is 4.98 Å². The zero-order valence-electron chi connectivity index (χ0n) is 12.6. The van der Waals surface area contributed by atoms with E-state index in [1.807, 2.05) is 18.1 Å². The molecule has 5 heteroatoms. The van der Waals surface area contributed by atoms with Gasteiger partial charge in [0.2, 0.25) is 5.91 Å². The first-order chi connectivity index (χ1) is 9.61. The van der Waals surface area contributed by atoms with E-state index in [1.165, 1.54) is 11.1 Å². The van der Waals surface area contributed by atoms with E-state index in [4.69, 9.17) is 0 Å². The number of hydrogen-bond donors (Lipinski definition) is 1. The number of nitrogens with zero attached hydrogens (tertiary/aromatic N) is 3. The molecule has 0 bridgehead atoms. The molecule has 0 saturated carbocycles. The smallest absolute Gasteiger partial charge is 0.219 e. The van der Waals surface area contributed by atoms with Gasteiger partial charge in [-0.05, 0) is 37.6 Å². The molecule has 20 heavy (non-hydrogen) atoms. The summed E-state index contributed by atoms with van der Waals surface area (Å²) in [5, 5.41) is 3.14. The molecule has 1 fully saturated rings. The first-order valence-electron chi connectivity index (χ1n) is 7.22. The predicted octanol–water partition coefficient (Wildman–Crippen LogP) is 1.17. The average molecular weight is 276 g/mol. The van der Waals surface area contributed by atoms with E-state index in [1.54, 1.807) is 6.92 Å². The molecule has 1 aromatic rings. The summed E-state index contributed by atoms with van der Waals surface area (Å²) in [4.78, 5) is 20.3. The molecular formula is C15H24N4O. The maximum absolute atomic E-state index is 11.5. The van der Waals surface area contributed by atoms with E-state index < -0.39 is 0 Å². The van der Waals surface area contributed by atoms with E-state index in [0.29, 0.717) is 0 Å². The maximum atomic E-state index is 11.5. The summed E-state index contributed by atoms with van der Waals surface area (Å²) in [6.45, 7) is 8.05. The van der Waals surface area contributed by atoms with Crippen molar-refractivity contribution >= 4 is 11.7 Å². The Morgan fingerprint density at radius 1 is 1.35 bits per heavy atom. The van der Waals surface area contributed by atoms with Crippen LogP contribution in [0.25, 0.3) is 0 Å². The average Bonchev–Trinajstić information content (AvgIpc) is 2.65. The van der Waals surface area contributed by atoms with Gasteiger partial charge in [-0.3, -0.25) is 4.79 Å². The molecule has 1 aliphatic heterocycles. The summed E-state index contributed by atoms with van der Waals surface area (Å²) in [6.07, 6.45) is 2.94. The fraction of sp³-hybridized carbons (Fsp3) is 0.600. The first-order valence-corrected chi connectivity index (χ1v) is 7.22. The normalized spacial score (nSPS) is 16.1. The Bertz CT molecular complexity index is 475. The lowest BCUT2D eigenvalue weighted by molar-refractivity contribution is -0.128. The molecule has 110 valence electrons. The van der Waals surface area contributed by atoms with Crippen LogP contribution in [0.3, 0.4) is 0 Å². The van der Waals surface area contributed by atoms with Crippen LogP contribution in [0.5, 0.6) is 0 Å². The highest BCUT2D eigenvalue weighted by atomic mass is 16.2. The van der Waals surface area contributed by atoms with Crippen molar-refractivity contribution in [2.75, 3.05) is 38.1 Å². The van der Waals surface area contributed by atoms with Gasteiger partial charge in [0, 0.05) is 45.8 Å². The molecule has 5 nitrogen and oxygen atoms in total. The highest BCUT2D eigenvalue weighted by Gasteiger charge is 2.18. The molecule has 0 spiro atoms. The van der Waals surface area contributed by atoms with Gasteiger partial charge in [0.25, 0.3) is 0 Å². The lowest BCUT2D eigenvalue weighted by atomic mass is 10.2. The summed E-state index contributed by atoms with van der Waals surface area (Å²) in [6, 6.07) is 2.19. The molecular weight excluding hydrogens is 252 g/mol. The van der Waals surface area contributed by atoms with Gasteiger partial charge in [0.1, 0.15) is 5.82 Å². The van der Waals surface area contributed by atoms with E-state index in [9.17, 15) is 4.79 Å². The molecule has 0 aliphatic carbocycles. The number of anilines is 1. The van der Waals surface area contributed by atoms with Crippen molar-refractivity contribution in [3.05, 3.63) is 23.4 Å². The van der Waals surface area contributed by atoms with Crippen molar-refractivity contribution < 1.29 is 4.79 Å². The summed E-state index contributed by atoms with van der Waals surface area (Å²) >= 11 is 0. The number of amides is 1. The maximum Gasteiger partial charge on any atom is 0.219 e. The second kappa shape index (κ2) is 6.70. The minimum Gasteiger partial charge on any atom is -0.355 e. The summed E-state index contributed by atoms with van der Waals surface area (Å²) in [7, 11) is 1.94. The Kier molecular flexibility index (Phi) is 4.95. The van der Waals surface area contributed by atoms with Crippen LogP contribution >= 0.6 is 0 Å². The van der Waals surface area contributed by atoms with E-state index in [0.717, 1.165) is 45.0 Å². The van der Waals surface area contributed by atoms with Crippen molar-refractivity contribution in [3.8, 4) is 0 Å². The van der Waals surface area contributed by atoms with Crippen molar-refractivity contribution in [2.24, 2.45) is 0 Å². The standard InChI is InChI=1S/C15H24N4O/c1-12-9-14(10-16-3)11-17-15(12)19-6-4-5-18(7-8-19)13(2)20/h9,11,16H,4-8,10H2,1-3H3. The Morgan fingerprint density at radius 3 is 2.80 bits per heavy atom. The van der Waals surface area contributed by atoms with Crippen LogP contribution in [0.2, 0.25) is 0 Å². The largest absolute Gasteiger partial charge is 0.355 e. The van der Waals surface area contributed by atoms with Gasteiger partial charge in [0.05, 0.1) is 0 Å². The first kappa shape index (κ1) is 14.8. The number of hydrogen-bond acceptors (Lipinski definition) is 4. The van der Waals surface area contributed by atoms with Crippen molar-refractivity contribution in [2.45, 2.75) is 26.8 Å². The summed E-state index contributed by atoms with van der Waals surface area (Å²) in [5.41, 5.74) is 2.41. The number of carbonyl (C=O) groups excluding carboxylic acids is 1. The van der Waals surface area contributed by atoms with Gasteiger partial charge in [0.15, 0.2) is 0 Å². The molecule has 1 saturated heterocycles. The van der Waals surface area contributed by atoms with Crippen molar-refractivity contribution in [3.63, 3.8) is 0 Å². The van der Waals surface area contributed by atoms with E-state index in [-0.39, 0.29) is 5.91 Å². The molecule has 1 amide bonds. The van der Waals surface area contributed by atoms with Crippen LogP contribution in [0.15, 0.2) is 12.3 Å². The number of nitrogens with one attached hydrogen (secondary N) is 1. The number of aryl methyl sites for hydroxylation is 1.